The predicted octanol–water partition coefficient (Wildman–Crippen LogP) is 1.36. The van der Waals surface area contributed by atoms with Gasteiger partial charge >= 0.3 is 0 Å². The molecule has 0 radical (unpaired) electrons. The molecule has 1 saturated carbocycles. The lowest BCUT2D eigenvalue weighted by molar-refractivity contribution is 0.0371. The van der Waals surface area contributed by atoms with Gasteiger partial charge in [0.05, 0.1) is 6.61 Å². The summed E-state index contributed by atoms with van der Waals surface area (Å²) in [6.45, 7) is 3.51. The molecule has 0 N–H and O–H groups in total. The first-order valence-electron chi connectivity index (χ1n) is 4.94. The van der Waals surface area contributed by atoms with E-state index in [4.69, 9.17) is 4.74 Å². The summed E-state index contributed by atoms with van der Waals surface area (Å²) in [7, 11) is 4.06. The van der Waals surface area contributed by atoms with Crippen LogP contribution in [0.5, 0.6) is 0 Å². The molecule has 1 aliphatic heterocycles. The highest BCUT2D eigenvalue weighted by atomic mass is 16.5. The van der Waals surface area contributed by atoms with Gasteiger partial charge in [0.25, 0.3) is 0 Å². The number of methoxy groups -OCH3 is 1. The topological polar surface area (TPSA) is 12.5 Å². The Kier molecular flexibility index (Phi) is 2.13. The number of hydrogen-bond donors (Lipinski definition) is 0. The molecule has 12 heavy (non-hydrogen) atoms. The van der Waals surface area contributed by atoms with Crippen molar-refractivity contribution in [2.24, 2.45) is 11.3 Å². The van der Waals surface area contributed by atoms with E-state index in [2.05, 4.69) is 11.9 Å². The Morgan fingerprint density at radius 3 is 2.75 bits per heavy atom. The van der Waals surface area contributed by atoms with Crippen molar-refractivity contribution in [1.29, 1.82) is 0 Å². The molecule has 1 saturated heterocycles. The van der Waals surface area contributed by atoms with Crippen LogP contribution >= 0.6 is 0 Å². The molecule has 2 heteroatoms. The molecule has 0 aromatic carbocycles. The van der Waals surface area contributed by atoms with Crippen LogP contribution in [0.4, 0.5) is 0 Å². The van der Waals surface area contributed by atoms with E-state index in [1.807, 2.05) is 7.11 Å². The summed E-state index contributed by atoms with van der Waals surface area (Å²) in [5, 5.41) is 0. The lowest BCUT2D eigenvalue weighted by atomic mass is 9.63. The summed E-state index contributed by atoms with van der Waals surface area (Å²) >= 11 is 0. The second-order valence-electron chi connectivity index (χ2n) is 4.56. The fraction of sp³-hybridized carbons (Fsp3) is 1.00. The molecule has 2 rings (SSSR count). The van der Waals surface area contributed by atoms with Gasteiger partial charge in [0.15, 0.2) is 0 Å². The van der Waals surface area contributed by atoms with Crippen LogP contribution in [0, 0.1) is 11.3 Å². The summed E-state index contributed by atoms with van der Waals surface area (Å²) < 4.78 is 5.28. The normalized spacial score (nSPS) is 34.0. The van der Waals surface area contributed by atoms with E-state index in [1.165, 1.54) is 32.4 Å². The van der Waals surface area contributed by atoms with Gasteiger partial charge in [-0.1, -0.05) is 6.42 Å². The van der Waals surface area contributed by atoms with E-state index in [1.54, 1.807) is 0 Å². The number of rotatable bonds is 2. The van der Waals surface area contributed by atoms with E-state index in [0.717, 1.165) is 12.5 Å². The van der Waals surface area contributed by atoms with Crippen LogP contribution in [0.3, 0.4) is 0 Å². The third kappa shape index (κ3) is 1.17. The van der Waals surface area contributed by atoms with Gasteiger partial charge in [0.2, 0.25) is 0 Å². The molecule has 2 aliphatic rings. The lowest BCUT2D eigenvalue weighted by Gasteiger charge is -2.42. The zero-order chi connectivity index (χ0) is 8.60. The van der Waals surface area contributed by atoms with Crippen LogP contribution in [0.2, 0.25) is 0 Å². The van der Waals surface area contributed by atoms with Crippen molar-refractivity contribution < 1.29 is 4.74 Å². The minimum atomic E-state index is 0.658. The molecule has 1 heterocycles. The van der Waals surface area contributed by atoms with Gasteiger partial charge in [-0.15, -0.1) is 0 Å². The molecule has 1 spiro atoms. The predicted molar refractivity (Wildman–Crippen MR) is 49.1 cm³/mol. The highest BCUT2D eigenvalue weighted by Gasteiger charge is 2.48. The quantitative estimate of drug-likeness (QED) is 0.619. The van der Waals surface area contributed by atoms with E-state index in [9.17, 15) is 0 Å². The second-order valence-corrected chi connectivity index (χ2v) is 4.56. The fourth-order valence-electron chi connectivity index (χ4n) is 2.93. The van der Waals surface area contributed by atoms with Crippen LogP contribution in [-0.2, 0) is 4.74 Å². The summed E-state index contributed by atoms with van der Waals surface area (Å²) in [5.41, 5.74) is 0.658. The Labute approximate surface area is 74.9 Å². The zero-order valence-corrected chi connectivity index (χ0v) is 8.18. The Bertz CT molecular complexity index is 165. The van der Waals surface area contributed by atoms with E-state index in [-0.39, 0.29) is 0 Å². The Hall–Kier alpha value is -0.0800. The molecule has 2 nitrogen and oxygen atoms in total. The van der Waals surface area contributed by atoms with Crippen molar-refractivity contribution in [3.05, 3.63) is 0 Å². The maximum atomic E-state index is 5.28. The zero-order valence-electron chi connectivity index (χ0n) is 8.18. The third-order valence-corrected chi connectivity index (χ3v) is 3.70. The molecule has 0 aromatic rings. The van der Waals surface area contributed by atoms with Gasteiger partial charge in [-0.25, -0.2) is 0 Å². The molecule has 1 aliphatic carbocycles. The maximum Gasteiger partial charge on any atom is 0.0508 e. The number of likely N-dealkylation sites (tertiary alicyclic amines) is 1. The molecule has 0 aromatic heterocycles. The van der Waals surface area contributed by atoms with Gasteiger partial charge in [-0.2, -0.15) is 0 Å². The Morgan fingerprint density at radius 2 is 2.25 bits per heavy atom. The summed E-state index contributed by atoms with van der Waals surface area (Å²) in [6, 6.07) is 0. The molecule has 0 bridgehead atoms. The van der Waals surface area contributed by atoms with E-state index in [0.29, 0.717) is 5.41 Å². The van der Waals surface area contributed by atoms with Crippen molar-refractivity contribution >= 4 is 0 Å². The average molecular weight is 169 g/mol. The first-order valence-corrected chi connectivity index (χ1v) is 4.94. The van der Waals surface area contributed by atoms with Gasteiger partial charge in [0, 0.05) is 26.1 Å². The molecular weight excluding hydrogens is 150 g/mol. The van der Waals surface area contributed by atoms with Gasteiger partial charge in [0.1, 0.15) is 0 Å². The molecule has 2 fully saturated rings. The Morgan fingerprint density at radius 1 is 1.50 bits per heavy atom. The highest BCUT2D eigenvalue weighted by molar-refractivity contribution is 5.00. The summed E-state index contributed by atoms with van der Waals surface area (Å²) in [6.07, 6.45) is 4.31. The lowest BCUT2D eigenvalue weighted by Crippen LogP contribution is -2.39. The minimum absolute atomic E-state index is 0.658. The first kappa shape index (κ1) is 8.52. The minimum Gasteiger partial charge on any atom is -0.384 e. The maximum absolute atomic E-state index is 5.28. The average Bonchev–Trinajstić information content (AvgIpc) is 2.27. The van der Waals surface area contributed by atoms with E-state index >= 15 is 0 Å². The standard InChI is InChI=1S/C10H19NO/c1-11-6-9(7-12-2)10(8-11)4-3-5-10/h9H,3-8H2,1-2H3. The van der Waals surface area contributed by atoms with Gasteiger partial charge < -0.3 is 9.64 Å². The SMILES string of the molecule is COCC1CN(C)CC12CCC2. The number of ether oxygens (including phenoxy) is 1. The van der Waals surface area contributed by atoms with E-state index < -0.39 is 0 Å². The van der Waals surface area contributed by atoms with Crippen LogP contribution in [-0.4, -0.2) is 38.8 Å². The Balaban J connectivity index is 2.00. The summed E-state index contributed by atoms with van der Waals surface area (Å²) in [5.74, 6) is 0.807. The second kappa shape index (κ2) is 3.00. The molecule has 1 atom stereocenters. The molecular formula is C10H19NO. The van der Waals surface area contributed by atoms with Crippen LogP contribution in [0.15, 0.2) is 0 Å². The summed E-state index contributed by atoms with van der Waals surface area (Å²) in [4.78, 5) is 2.46. The van der Waals surface area contributed by atoms with Crippen molar-refractivity contribution in [3.8, 4) is 0 Å². The van der Waals surface area contributed by atoms with Gasteiger partial charge in [-0.05, 0) is 25.3 Å². The van der Waals surface area contributed by atoms with Gasteiger partial charge in [-0.3, -0.25) is 0 Å². The van der Waals surface area contributed by atoms with Crippen LogP contribution in [0.25, 0.3) is 0 Å². The van der Waals surface area contributed by atoms with Crippen molar-refractivity contribution in [2.45, 2.75) is 19.3 Å². The fourth-order valence-corrected chi connectivity index (χ4v) is 2.93. The number of nitrogens with zero attached hydrogens (tertiary/aromatic N) is 1. The number of hydrogen-bond acceptors (Lipinski definition) is 2. The monoisotopic (exact) mass is 169 g/mol. The third-order valence-electron chi connectivity index (χ3n) is 3.70. The highest BCUT2D eigenvalue weighted by Crippen LogP contribution is 2.51. The first-order chi connectivity index (χ1) is 5.77. The largest absolute Gasteiger partial charge is 0.384 e. The van der Waals surface area contributed by atoms with Crippen molar-refractivity contribution in [1.82, 2.24) is 4.90 Å². The van der Waals surface area contributed by atoms with Crippen LogP contribution in [0.1, 0.15) is 19.3 Å². The van der Waals surface area contributed by atoms with Crippen molar-refractivity contribution in [3.63, 3.8) is 0 Å². The van der Waals surface area contributed by atoms with Crippen molar-refractivity contribution in [2.75, 3.05) is 33.9 Å². The molecule has 0 amide bonds. The van der Waals surface area contributed by atoms with Crippen LogP contribution < -0.4 is 0 Å². The molecule has 1 unspecified atom stereocenters. The smallest absolute Gasteiger partial charge is 0.0508 e. The molecule has 70 valence electrons.